The third-order valence-corrected chi connectivity index (χ3v) is 3.69. The van der Waals surface area contributed by atoms with E-state index in [-0.39, 0.29) is 17.6 Å². The van der Waals surface area contributed by atoms with Crippen LogP contribution in [0.15, 0.2) is 40.9 Å². The Labute approximate surface area is 125 Å². The molecule has 106 valence electrons. The maximum Gasteiger partial charge on any atom is 0.147 e. The van der Waals surface area contributed by atoms with Gasteiger partial charge in [-0.3, -0.25) is 0 Å². The number of rotatable bonds is 4. The lowest BCUT2D eigenvalue weighted by molar-refractivity contribution is 0.410. The van der Waals surface area contributed by atoms with Crippen LogP contribution >= 0.6 is 15.9 Å². The van der Waals surface area contributed by atoms with Gasteiger partial charge in [0.05, 0.1) is 18.8 Å². The van der Waals surface area contributed by atoms with Crippen molar-refractivity contribution in [1.29, 1.82) is 0 Å². The number of benzene rings is 2. The second kappa shape index (κ2) is 6.13. The average Bonchev–Trinajstić information content (AvgIpc) is 2.43. The molecule has 2 rings (SSSR count). The highest BCUT2D eigenvalue weighted by atomic mass is 79.9. The van der Waals surface area contributed by atoms with Crippen molar-refractivity contribution in [2.24, 2.45) is 0 Å². The van der Waals surface area contributed by atoms with Crippen molar-refractivity contribution in [2.75, 3.05) is 12.4 Å². The molecule has 2 aromatic carbocycles. The number of phenols is 1. The molecule has 0 amide bonds. The zero-order valence-corrected chi connectivity index (χ0v) is 12.7. The van der Waals surface area contributed by atoms with Crippen LogP contribution < -0.4 is 10.1 Å². The molecule has 0 spiro atoms. The molecular weight excluding hydrogens is 325 g/mol. The molecule has 20 heavy (non-hydrogen) atoms. The molecule has 0 aliphatic carbocycles. The first-order chi connectivity index (χ1) is 9.52. The minimum absolute atomic E-state index is 0.137. The topological polar surface area (TPSA) is 41.5 Å². The number of phenolic OH excluding ortho intramolecular Hbond substituents is 1. The summed E-state index contributed by atoms with van der Waals surface area (Å²) in [6.07, 6.45) is 0. The number of methoxy groups -OCH3 is 1. The van der Waals surface area contributed by atoms with Gasteiger partial charge in [0.1, 0.15) is 17.3 Å². The number of nitrogens with one attached hydrogen (secondary N) is 1. The zero-order valence-electron chi connectivity index (χ0n) is 11.2. The Morgan fingerprint density at radius 2 is 2.05 bits per heavy atom. The van der Waals surface area contributed by atoms with Crippen LogP contribution in [0.2, 0.25) is 0 Å². The smallest absolute Gasteiger partial charge is 0.147 e. The third kappa shape index (κ3) is 3.04. The molecule has 2 aromatic rings. The average molecular weight is 340 g/mol. The van der Waals surface area contributed by atoms with Gasteiger partial charge >= 0.3 is 0 Å². The second-order valence-corrected chi connectivity index (χ2v) is 5.24. The Bertz CT molecular complexity index is 599. The molecule has 0 saturated carbocycles. The summed E-state index contributed by atoms with van der Waals surface area (Å²) in [5.41, 5.74) is 1.00. The summed E-state index contributed by atoms with van der Waals surface area (Å²) in [5.74, 6) is 0.422. The highest BCUT2D eigenvalue weighted by molar-refractivity contribution is 9.10. The summed E-state index contributed by atoms with van der Waals surface area (Å²) in [6, 6.07) is 9.43. The quantitative estimate of drug-likeness (QED) is 0.863. The molecule has 0 bridgehead atoms. The van der Waals surface area contributed by atoms with Gasteiger partial charge in [0, 0.05) is 10.0 Å². The summed E-state index contributed by atoms with van der Waals surface area (Å²) < 4.78 is 19.6. The van der Waals surface area contributed by atoms with E-state index in [4.69, 9.17) is 4.74 Å². The standard InChI is InChI=1S/C15H15BrFNO2/c1-9(11-8-10(20-2)6-7-14(11)19)18-15-12(16)4-3-5-13(15)17/h3-9,18-19H,1-2H3. The van der Waals surface area contributed by atoms with Gasteiger partial charge in [-0.2, -0.15) is 0 Å². The van der Waals surface area contributed by atoms with Crippen molar-refractivity contribution in [3.8, 4) is 11.5 Å². The van der Waals surface area contributed by atoms with Crippen LogP contribution in [0.3, 0.4) is 0 Å². The molecule has 5 heteroatoms. The Morgan fingerprint density at radius 1 is 1.30 bits per heavy atom. The van der Waals surface area contributed by atoms with E-state index in [1.165, 1.54) is 6.07 Å². The van der Waals surface area contributed by atoms with Gasteiger partial charge in [-0.15, -0.1) is 0 Å². The first-order valence-corrected chi connectivity index (χ1v) is 6.89. The van der Waals surface area contributed by atoms with Crippen LogP contribution in [0.4, 0.5) is 10.1 Å². The molecule has 0 aliphatic rings. The number of halogens is 2. The number of anilines is 1. The molecule has 0 radical (unpaired) electrons. The highest BCUT2D eigenvalue weighted by Gasteiger charge is 2.15. The van der Waals surface area contributed by atoms with Crippen molar-refractivity contribution in [3.63, 3.8) is 0 Å². The zero-order chi connectivity index (χ0) is 14.7. The van der Waals surface area contributed by atoms with Crippen LogP contribution in [0.1, 0.15) is 18.5 Å². The molecule has 1 unspecified atom stereocenters. The van der Waals surface area contributed by atoms with E-state index in [1.54, 1.807) is 37.4 Å². The second-order valence-electron chi connectivity index (χ2n) is 4.39. The lowest BCUT2D eigenvalue weighted by Gasteiger charge is -2.19. The lowest BCUT2D eigenvalue weighted by Crippen LogP contribution is -2.09. The molecule has 0 aromatic heterocycles. The normalized spacial score (nSPS) is 12.0. The first-order valence-electron chi connectivity index (χ1n) is 6.10. The Balaban J connectivity index is 2.30. The molecule has 2 N–H and O–H groups in total. The van der Waals surface area contributed by atoms with Gasteiger partial charge in [0.25, 0.3) is 0 Å². The van der Waals surface area contributed by atoms with Gasteiger partial charge < -0.3 is 15.2 Å². The number of hydrogen-bond donors (Lipinski definition) is 2. The minimum Gasteiger partial charge on any atom is -0.508 e. The van der Waals surface area contributed by atoms with E-state index in [9.17, 15) is 9.50 Å². The van der Waals surface area contributed by atoms with E-state index in [0.717, 1.165) is 0 Å². The summed E-state index contributed by atoms with van der Waals surface area (Å²) >= 11 is 3.31. The van der Waals surface area contributed by atoms with E-state index < -0.39 is 0 Å². The van der Waals surface area contributed by atoms with Crippen molar-refractivity contribution in [3.05, 3.63) is 52.3 Å². The van der Waals surface area contributed by atoms with Gasteiger partial charge in [-0.05, 0) is 53.2 Å². The first kappa shape index (κ1) is 14.7. The van der Waals surface area contributed by atoms with Crippen LogP contribution in [0.5, 0.6) is 11.5 Å². The van der Waals surface area contributed by atoms with E-state index in [0.29, 0.717) is 21.5 Å². The van der Waals surface area contributed by atoms with Crippen LogP contribution in [-0.2, 0) is 0 Å². The van der Waals surface area contributed by atoms with E-state index in [2.05, 4.69) is 21.2 Å². The predicted octanol–water partition coefficient (Wildman–Crippen LogP) is 4.48. The van der Waals surface area contributed by atoms with E-state index in [1.807, 2.05) is 6.92 Å². The van der Waals surface area contributed by atoms with Gasteiger partial charge in [-0.1, -0.05) is 6.07 Å². The number of hydrogen-bond acceptors (Lipinski definition) is 3. The molecule has 1 atom stereocenters. The molecule has 0 heterocycles. The van der Waals surface area contributed by atoms with Gasteiger partial charge in [-0.25, -0.2) is 4.39 Å². The molecule has 0 fully saturated rings. The summed E-state index contributed by atoms with van der Waals surface area (Å²) in [4.78, 5) is 0. The minimum atomic E-state index is -0.353. The number of aromatic hydroxyl groups is 1. The molecule has 0 aliphatic heterocycles. The van der Waals surface area contributed by atoms with Crippen LogP contribution in [0, 0.1) is 5.82 Å². The Kier molecular flexibility index (Phi) is 4.49. The summed E-state index contributed by atoms with van der Waals surface area (Å²) in [5, 5.41) is 13.0. The van der Waals surface area contributed by atoms with Crippen LogP contribution in [0.25, 0.3) is 0 Å². The molecular formula is C15H15BrFNO2. The monoisotopic (exact) mass is 339 g/mol. The maximum atomic E-state index is 13.8. The summed E-state index contributed by atoms with van der Waals surface area (Å²) in [6.45, 7) is 1.84. The van der Waals surface area contributed by atoms with Crippen molar-refractivity contribution < 1.29 is 14.2 Å². The fourth-order valence-electron chi connectivity index (χ4n) is 1.94. The Hall–Kier alpha value is -1.75. The van der Waals surface area contributed by atoms with Crippen molar-refractivity contribution in [2.45, 2.75) is 13.0 Å². The predicted molar refractivity (Wildman–Crippen MR) is 80.8 cm³/mol. The molecule has 0 saturated heterocycles. The lowest BCUT2D eigenvalue weighted by atomic mass is 10.1. The summed E-state index contributed by atoms with van der Waals surface area (Å²) in [7, 11) is 1.56. The largest absolute Gasteiger partial charge is 0.508 e. The van der Waals surface area contributed by atoms with Gasteiger partial charge in [0.2, 0.25) is 0 Å². The maximum absolute atomic E-state index is 13.8. The van der Waals surface area contributed by atoms with Crippen molar-refractivity contribution in [1.82, 2.24) is 0 Å². The SMILES string of the molecule is COc1ccc(O)c(C(C)Nc2c(F)cccc2Br)c1. The number of ether oxygens (including phenoxy) is 1. The molecule has 3 nitrogen and oxygen atoms in total. The van der Waals surface area contributed by atoms with E-state index >= 15 is 0 Å². The van der Waals surface area contributed by atoms with Gasteiger partial charge in [0.15, 0.2) is 0 Å². The number of para-hydroxylation sites is 1. The third-order valence-electron chi connectivity index (χ3n) is 3.02. The Morgan fingerprint density at radius 3 is 2.70 bits per heavy atom. The van der Waals surface area contributed by atoms with Crippen LogP contribution in [-0.4, -0.2) is 12.2 Å². The van der Waals surface area contributed by atoms with Crippen molar-refractivity contribution >= 4 is 21.6 Å². The highest BCUT2D eigenvalue weighted by Crippen LogP contribution is 2.33. The fourth-order valence-corrected chi connectivity index (χ4v) is 2.39. The fraction of sp³-hybridized carbons (Fsp3) is 0.200.